The summed E-state index contributed by atoms with van der Waals surface area (Å²) in [4.78, 5) is 2.43. The molecule has 0 unspecified atom stereocenters. The van der Waals surface area contributed by atoms with Crippen LogP contribution < -0.4 is 4.90 Å². The maximum atomic E-state index is 6.24. The van der Waals surface area contributed by atoms with E-state index in [0.717, 1.165) is 38.9 Å². The van der Waals surface area contributed by atoms with E-state index in [-0.39, 0.29) is 5.41 Å². The van der Waals surface area contributed by atoms with Gasteiger partial charge < -0.3 is 9.32 Å². The molecule has 0 saturated carbocycles. The minimum Gasteiger partial charge on any atom is -0.456 e. The van der Waals surface area contributed by atoms with Crippen LogP contribution >= 0.6 is 0 Å². The summed E-state index contributed by atoms with van der Waals surface area (Å²) in [7, 11) is 0. The number of furan rings is 1. The van der Waals surface area contributed by atoms with E-state index in [0.29, 0.717) is 0 Å². The zero-order valence-corrected chi connectivity index (χ0v) is 28.6. The quantitative estimate of drug-likeness (QED) is 0.184. The van der Waals surface area contributed by atoms with Gasteiger partial charge in [-0.3, -0.25) is 0 Å². The van der Waals surface area contributed by atoms with Gasteiger partial charge in [0.1, 0.15) is 11.2 Å². The van der Waals surface area contributed by atoms with Crippen molar-refractivity contribution < 1.29 is 4.42 Å². The maximum Gasteiger partial charge on any atom is 0.136 e. The standard InChI is InChI=1S/C49H35NO/c1-49(2)42-19-7-5-15-40(42)48-43(49)20-11-21-44(48)50(35-28-24-33(25-29-35)38-17-9-13-32-12-3-4-14-37(32)38)36-30-26-34(27-31-36)39-18-10-23-46-47(39)41-16-6-8-22-45(41)51-46/h3-31H,1-2H3. The summed E-state index contributed by atoms with van der Waals surface area (Å²) in [5, 5.41) is 4.81. The van der Waals surface area contributed by atoms with Gasteiger partial charge in [-0.05, 0) is 92.2 Å². The summed E-state index contributed by atoms with van der Waals surface area (Å²) in [6.07, 6.45) is 0. The number of para-hydroxylation sites is 1. The van der Waals surface area contributed by atoms with Crippen LogP contribution in [0.15, 0.2) is 180 Å². The molecule has 0 radical (unpaired) electrons. The molecule has 1 aromatic heterocycles. The van der Waals surface area contributed by atoms with E-state index < -0.39 is 0 Å². The van der Waals surface area contributed by atoms with Crippen molar-refractivity contribution >= 4 is 49.8 Å². The normalized spacial score (nSPS) is 13.1. The predicted octanol–water partition coefficient (Wildman–Crippen LogP) is 13.8. The van der Waals surface area contributed by atoms with Gasteiger partial charge in [-0.25, -0.2) is 0 Å². The predicted molar refractivity (Wildman–Crippen MR) is 214 cm³/mol. The number of hydrogen-bond acceptors (Lipinski definition) is 2. The summed E-state index contributed by atoms with van der Waals surface area (Å²) in [6.45, 7) is 4.69. The number of rotatable bonds is 5. The highest BCUT2D eigenvalue weighted by Crippen LogP contribution is 2.54. The summed E-state index contributed by atoms with van der Waals surface area (Å²) in [5.74, 6) is 0. The molecule has 0 fully saturated rings. The van der Waals surface area contributed by atoms with Gasteiger partial charge in [0.2, 0.25) is 0 Å². The van der Waals surface area contributed by atoms with Crippen molar-refractivity contribution in [1.82, 2.24) is 0 Å². The van der Waals surface area contributed by atoms with Crippen LogP contribution in [-0.2, 0) is 5.41 Å². The molecule has 51 heavy (non-hydrogen) atoms. The maximum absolute atomic E-state index is 6.24. The molecule has 1 aliphatic carbocycles. The Bertz CT molecular complexity index is 2760. The Hall–Kier alpha value is -6.38. The zero-order chi connectivity index (χ0) is 34.1. The first kappa shape index (κ1) is 29.5. The van der Waals surface area contributed by atoms with Crippen molar-refractivity contribution in [3.63, 3.8) is 0 Å². The van der Waals surface area contributed by atoms with Crippen molar-refractivity contribution in [3.8, 4) is 33.4 Å². The highest BCUT2D eigenvalue weighted by atomic mass is 16.3. The Balaban J connectivity index is 1.14. The second-order valence-corrected chi connectivity index (χ2v) is 14.1. The third kappa shape index (κ3) is 4.57. The highest BCUT2D eigenvalue weighted by molar-refractivity contribution is 6.12. The summed E-state index contributed by atoms with van der Waals surface area (Å²) in [6, 6.07) is 63.7. The summed E-state index contributed by atoms with van der Waals surface area (Å²) >= 11 is 0. The molecular formula is C49H35NO. The minimum atomic E-state index is -0.0955. The van der Waals surface area contributed by atoms with Crippen LogP contribution in [0.3, 0.4) is 0 Å². The number of hydrogen-bond donors (Lipinski definition) is 0. The molecule has 1 aliphatic rings. The lowest BCUT2D eigenvalue weighted by molar-refractivity contribution is 0.660. The van der Waals surface area contributed by atoms with E-state index in [1.165, 1.54) is 55.4 Å². The van der Waals surface area contributed by atoms with E-state index in [9.17, 15) is 0 Å². The largest absolute Gasteiger partial charge is 0.456 e. The van der Waals surface area contributed by atoms with Gasteiger partial charge in [0.15, 0.2) is 0 Å². The molecule has 10 rings (SSSR count). The van der Waals surface area contributed by atoms with E-state index >= 15 is 0 Å². The van der Waals surface area contributed by atoms with Crippen molar-refractivity contribution in [3.05, 3.63) is 187 Å². The van der Waals surface area contributed by atoms with Gasteiger partial charge in [-0.1, -0.05) is 147 Å². The van der Waals surface area contributed by atoms with Crippen LogP contribution in [0.4, 0.5) is 17.1 Å². The smallest absolute Gasteiger partial charge is 0.136 e. The average Bonchev–Trinajstić information content (AvgIpc) is 3.68. The Labute approximate surface area is 297 Å². The van der Waals surface area contributed by atoms with Crippen LogP contribution in [0.25, 0.3) is 66.1 Å². The first-order chi connectivity index (χ1) is 25.1. The number of benzene rings is 8. The first-order valence-electron chi connectivity index (χ1n) is 17.7. The highest BCUT2D eigenvalue weighted by Gasteiger charge is 2.37. The molecule has 0 bridgehead atoms. The molecule has 2 heteroatoms. The average molecular weight is 654 g/mol. The Morgan fingerprint density at radius 1 is 0.431 bits per heavy atom. The summed E-state index contributed by atoms with van der Waals surface area (Å²) in [5.41, 5.74) is 15.2. The second-order valence-electron chi connectivity index (χ2n) is 14.1. The fourth-order valence-corrected chi connectivity index (χ4v) is 8.42. The Kier molecular flexibility index (Phi) is 6.56. The molecule has 0 saturated heterocycles. The number of nitrogens with zero attached hydrogens (tertiary/aromatic N) is 1. The molecule has 9 aromatic rings. The number of fused-ring (bicyclic) bond motifs is 7. The van der Waals surface area contributed by atoms with Gasteiger partial charge >= 0.3 is 0 Å². The molecule has 8 aromatic carbocycles. The molecular weight excluding hydrogens is 619 g/mol. The van der Waals surface area contributed by atoms with Crippen molar-refractivity contribution in [1.29, 1.82) is 0 Å². The lowest BCUT2D eigenvalue weighted by Gasteiger charge is -2.29. The van der Waals surface area contributed by atoms with E-state index in [2.05, 4.69) is 183 Å². The molecule has 0 aliphatic heterocycles. The SMILES string of the molecule is CC1(C)c2ccccc2-c2c(N(c3ccc(-c4cccc5ccccc45)cc3)c3ccc(-c4cccc5oc6ccccc6c45)cc3)cccc21. The van der Waals surface area contributed by atoms with Gasteiger partial charge in [0.05, 0.1) is 5.69 Å². The lowest BCUT2D eigenvalue weighted by Crippen LogP contribution is -2.16. The Morgan fingerprint density at radius 2 is 0.980 bits per heavy atom. The minimum absolute atomic E-state index is 0.0955. The second kappa shape index (κ2) is 11.3. The molecule has 2 nitrogen and oxygen atoms in total. The first-order valence-corrected chi connectivity index (χ1v) is 17.7. The monoisotopic (exact) mass is 653 g/mol. The van der Waals surface area contributed by atoms with Crippen LogP contribution in [0.1, 0.15) is 25.0 Å². The third-order valence-electron chi connectivity index (χ3n) is 10.9. The lowest BCUT2D eigenvalue weighted by atomic mass is 9.82. The zero-order valence-electron chi connectivity index (χ0n) is 28.6. The molecule has 1 heterocycles. The molecule has 0 atom stereocenters. The van der Waals surface area contributed by atoms with Crippen LogP contribution in [-0.4, -0.2) is 0 Å². The van der Waals surface area contributed by atoms with E-state index in [1.807, 2.05) is 12.1 Å². The van der Waals surface area contributed by atoms with Gasteiger partial charge in [0.25, 0.3) is 0 Å². The third-order valence-corrected chi connectivity index (χ3v) is 10.9. The van der Waals surface area contributed by atoms with E-state index in [1.54, 1.807) is 0 Å². The topological polar surface area (TPSA) is 16.4 Å². The van der Waals surface area contributed by atoms with Crippen molar-refractivity contribution in [2.75, 3.05) is 4.90 Å². The molecule has 0 amide bonds. The van der Waals surface area contributed by atoms with Gasteiger partial charge in [-0.2, -0.15) is 0 Å². The van der Waals surface area contributed by atoms with Crippen LogP contribution in [0.5, 0.6) is 0 Å². The fraction of sp³-hybridized carbons (Fsp3) is 0.0612. The molecule has 242 valence electrons. The summed E-state index contributed by atoms with van der Waals surface area (Å²) < 4.78 is 6.24. The Morgan fingerprint density at radius 3 is 1.78 bits per heavy atom. The van der Waals surface area contributed by atoms with Gasteiger partial charge in [0, 0.05) is 33.1 Å². The van der Waals surface area contributed by atoms with Gasteiger partial charge in [-0.15, -0.1) is 0 Å². The number of anilines is 3. The van der Waals surface area contributed by atoms with Crippen molar-refractivity contribution in [2.24, 2.45) is 0 Å². The fourth-order valence-electron chi connectivity index (χ4n) is 8.42. The van der Waals surface area contributed by atoms with Crippen LogP contribution in [0.2, 0.25) is 0 Å². The van der Waals surface area contributed by atoms with Crippen LogP contribution in [0, 0.1) is 0 Å². The molecule has 0 N–H and O–H groups in total. The van der Waals surface area contributed by atoms with E-state index in [4.69, 9.17) is 4.42 Å². The molecule has 0 spiro atoms. The van der Waals surface area contributed by atoms with Crippen molar-refractivity contribution in [2.45, 2.75) is 19.3 Å².